The zero-order valence-corrected chi connectivity index (χ0v) is 10.2. The average molecular weight is 272 g/mol. The highest BCUT2D eigenvalue weighted by Crippen LogP contribution is 2.18. The standard InChI is InChI=1S/C10H12N2O5S/c13-9(11-6-1-2-6)5-18(16)4-7-3-8(10(14)15)12-17-7/h3,6H,1-2,4-5H2,(H,11,13)(H,14,15). The normalized spacial score (nSPS) is 16.2. The Kier molecular flexibility index (Phi) is 3.75. The van der Waals surface area contributed by atoms with E-state index in [2.05, 4.69) is 10.5 Å². The maximum Gasteiger partial charge on any atom is 0.358 e. The van der Waals surface area contributed by atoms with E-state index in [0.29, 0.717) is 0 Å². The molecule has 0 aromatic carbocycles. The van der Waals surface area contributed by atoms with Gasteiger partial charge in [-0.1, -0.05) is 5.16 Å². The Morgan fingerprint density at radius 3 is 2.83 bits per heavy atom. The highest BCUT2D eigenvalue weighted by atomic mass is 32.2. The first kappa shape index (κ1) is 12.7. The molecule has 0 spiro atoms. The van der Waals surface area contributed by atoms with Crippen LogP contribution in [0.5, 0.6) is 0 Å². The number of carbonyl (C=O) groups is 2. The van der Waals surface area contributed by atoms with Crippen LogP contribution in [-0.4, -0.2) is 38.1 Å². The van der Waals surface area contributed by atoms with Crippen LogP contribution in [0.2, 0.25) is 0 Å². The Morgan fingerprint density at radius 1 is 1.56 bits per heavy atom. The van der Waals surface area contributed by atoms with Crippen molar-refractivity contribution in [3.8, 4) is 0 Å². The molecular formula is C10H12N2O5S. The van der Waals surface area contributed by atoms with E-state index in [1.807, 2.05) is 0 Å². The van der Waals surface area contributed by atoms with E-state index in [1.165, 1.54) is 6.07 Å². The fraction of sp³-hybridized carbons (Fsp3) is 0.500. The van der Waals surface area contributed by atoms with Crippen LogP contribution >= 0.6 is 0 Å². The molecule has 0 saturated heterocycles. The lowest BCUT2D eigenvalue weighted by Gasteiger charge is -2.01. The van der Waals surface area contributed by atoms with Crippen molar-refractivity contribution >= 4 is 22.7 Å². The molecule has 1 fully saturated rings. The van der Waals surface area contributed by atoms with Crippen LogP contribution in [0.3, 0.4) is 0 Å². The lowest BCUT2D eigenvalue weighted by molar-refractivity contribution is -0.118. The van der Waals surface area contributed by atoms with E-state index in [0.717, 1.165) is 12.8 Å². The molecule has 8 heteroatoms. The first-order valence-corrected chi connectivity index (χ1v) is 6.86. The van der Waals surface area contributed by atoms with Crippen molar-refractivity contribution in [3.05, 3.63) is 17.5 Å². The highest BCUT2D eigenvalue weighted by molar-refractivity contribution is 7.84. The SMILES string of the molecule is O=C(CS(=O)Cc1cc(C(=O)O)no1)NC1CC1. The summed E-state index contributed by atoms with van der Waals surface area (Å²) in [5.41, 5.74) is -0.232. The van der Waals surface area contributed by atoms with Crippen LogP contribution in [-0.2, 0) is 21.3 Å². The molecule has 1 aliphatic carbocycles. The lowest BCUT2D eigenvalue weighted by atomic mass is 10.4. The molecule has 98 valence electrons. The van der Waals surface area contributed by atoms with Crippen LogP contribution in [0.25, 0.3) is 0 Å². The summed E-state index contributed by atoms with van der Waals surface area (Å²) in [5.74, 6) is -1.39. The van der Waals surface area contributed by atoms with Gasteiger partial charge in [0.1, 0.15) is 11.5 Å². The molecule has 1 saturated carbocycles. The number of amides is 1. The molecule has 18 heavy (non-hydrogen) atoms. The molecular weight excluding hydrogens is 260 g/mol. The van der Waals surface area contributed by atoms with Gasteiger partial charge in [-0.15, -0.1) is 0 Å². The molecule has 0 bridgehead atoms. The number of aromatic nitrogens is 1. The smallest absolute Gasteiger partial charge is 0.358 e. The van der Waals surface area contributed by atoms with Crippen LogP contribution in [0, 0.1) is 0 Å². The monoisotopic (exact) mass is 272 g/mol. The Morgan fingerprint density at radius 2 is 2.28 bits per heavy atom. The van der Waals surface area contributed by atoms with Gasteiger partial charge < -0.3 is 14.9 Å². The fourth-order valence-corrected chi connectivity index (χ4v) is 2.27. The van der Waals surface area contributed by atoms with Gasteiger partial charge in [0.05, 0.1) is 5.75 Å². The zero-order chi connectivity index (χ0) is 13.1. The largest absolute Gasteiger partial charge is 0.476 e. The third-order valence-corrected chi connectivity index (χ3v) is 3.51. The van der Waals surface area contributed by atoms with Crippen molar-refractivity contribution in [1.29, 1.82) is 0 Å². The predicted octanol–water partition coefficient (Wildman–Crippen LogP) is -0.0999. The number of carboxylic acids is 1. The number of aromatic carboxylic acids is 1. The third kappa shape index (κ3) is 3.66. The van der Waals surface area contributed by atoms with Gasteiger partial charge in [0.25, 0.3) is 0 Å². The minimum absolute atomic E-state index is 0.0155. The summed E-state index contributed by atoms with van der Waals surface area (Å²) < 4.78 is 16.3. The summed E-state index contributed by atoms with van der Waals surface area (Å²) in [5, 5.41) is 14.6. The average Bonchev–Trinajstić information content (AvgIpc) is 2.93. The Hall–Kier alpha value is -1.70. The van der Waals surface area contributed by atoms with Crippen LogP contribution in [0.15, 0.2) is 10.6 Å². The first-order chi connectivity index (χ1) is 8.54. The van der Waals surface area contributed by atoms with Gasteiger partial charge in [0.2, 0.25) is 5.91 Å². The van der Waals surface area contributed by atoms with Crippen molar-refractivity contribution in [2.45, 2.75) is 24.6 Å². The van der Waals surface area contributed by atoms with Crippen LogP contribution in [0.1, 0.15) is 29.1 Å². The quantitative estimate of drug-likeness (QED) is 0.748. The minimum atomic E-state index is -1.43. The summed E-state index contributed by atoms with van der Waals surface area (Å²) >= 11 is 0. The van der Waals surface area contributed by atoms with Gasteiger partial charge in [-0.05, 0) is 12.8 Å². The summed E-state index contributed by atoms with van der Waals surface area (Å²) in [4.78, 5) is 21.9. The summed E-state index contributed by atoms with van der Waals surface area (Å²) in [7, 11) is -1.43. The summed E-state index contributed by atoms with van der Waals surface area (Å²) in [6.07, 6.45) is 1.95. The number of nitrogens with one attached hydrogen (secondary N) is 1. The van der Waals surface area contributed by atoms with Crippen molar-refractivity contribution in [3.63, 3.8) is 0 Å². The van der Waals surface area contributed by atoms with E-state index in [1.54, 1.807) is 0 Å². The molecule has 1 heterocycles. The van der Waals surface area contributed by atoms with Crippen molar-refractivity contribution in [1.82, 2.24) is 10.5 Å². The van der Waals surface area contributed by atoms with E-state index >= 15 is 0 Å². The second-order valence-electron chi connectivity index (χ2n) is 4.05. The highest BCUT2D eigenvalue weighted by Gasteiger charge is 2.24. The molecule has 2 rings (SSSR count). The molecule has 1 aliphatic rings. The topological polar surface area (TPSA) is 110 Å². The molecule has 1 unspecified atom stereocenters. The maximum atomic E-state index is 11.6. The van der Waals surface area contributed by atoms with Gasteiger partial charge >= 0.3 is 5.97 Å². The zero-order valence-electron chi connectivity index (χ0n) is 9.42. The Balaban J connectivity index is 1.81. The number of hydrogen-bond donors (Lipinski definition) is 2. The number of hydrogen-bond acceptors (Lipinski definition) is 5. The van der Waals surface area contributed by atoms with Gasteiger partial charge in [-0.25, -0.2) is 4.79 Å². The minimum Gasteiger partial charge on any atom is -0.476 e. The van der Waals surface area contributed by atoms with Gasteiger partial charge in [0, 0.05) is 22.9 Å². The summed E-state index contributed by atoms with van der Waals surface area (Å²) in [6, 6.07) is 1.44. The predicted molar refractivity (Wildman–Crippen MR) is 61.3 cm³/mol. The van der Waals surface area contributed by atoms with Gasteiger partial charge in [-0.3, -0.25) is 9.00 Å². The third-order valence-electron chi connectivity index (χ3n) is 2.32. The Labute approximate surface area is 105 Å². The van der Waals surface area contributed by atoms with E-state index < -0.39 is 16.8 Å². The van der Waals surface area contributed by atoms with Gasteiger partial charge in [-0.2, -0.15) is 0 Å². The van der Waals surface area contributed by atoms with E-state index in [4.69, 9.17) is 9.63 Å². The first-order valence-electron chi connectivity index (χ1n) is 5.38. The number of carbonyl (C=O) groups excluding carboxylic acids is 1. The molecule has 7 nitrogen and oxygen atoms in total. The second-order valence-corrected chi connectivity index (χ2v) is 5.51. The number of rotatable bonds is 6. The molecule has 0 radical (unpaired) electrons. The molecule has 2 N–H and O–H groups in total. The van der Waals surface area contributed by atoms with Gasteiger partial charge in [0.15, 0.2) is 5.69 Å². The molecule has 1 aromatic rings. The van der Waals surface area contributed by atoms with Crippen molar-refractivity contribution < 1.29 is 23.4 Å². The molecule has 1 aromatic heterocycles. The van der Waals surface area contributed by atoms with Crippen molar-refractivity contribution in [2.24, 2.45) is 0 Å². The molecule has 1 amide bonds. The second kappa shape index (κ2) is 5.30. The van der Waals surface area contributed by atoms with Crippen LogP contribution < -0.4 is 5.32 Å². The number of nitrogens with zero attached hydrogens (tertiary/aromatic N) is 1. The molecule has 0 aliphatic heterocycles. The molecule has 1 atom stereocenters. The summed E-state index contributed by atoms with van der Waals surface area (Å²) in [6.45, 7) is 0. The van der Waals surface area contributed by atoms with Crippen molar-refractivity contribution in [2.75, 3.05) is 5.75 Å². The fourth-order valence-electron chi connectivity index (χ4n) is 1.33. The Bertz CT molecular complexity index is 494. The maximum absolute atomic E-state index is 11.6. The lowest BCUT2D eigenvalue weighted by Crippen LogP contribution is -2.30. The van der Waals surface area contributed by atoms with E-state index in [-0.39, 0.29) is 34.9 Å². The van der Waals surface area contributed by atoms with Crippen LogP contribution in [0.4, 0.5) is 0 Å². The van der Waals surface area contributed by atoms with E-state index in [9.17, 15) is 13.8 Å². The number of carboxylic acid groups (broad SMARTS) is 1.